The highest BCUT2D eigenvalue weighted by Crippen LogP contribution is 2.41. The Balaban J connectivity index is 1.51. The van der Waals surface area contributed by atoms with Gasteiger partial charge in [0, 0.05) is 29.2 Å². The maximum Gasteiger partial charge on any atom is 0.227 e. The number of aromatic nitrogens is 2. The first-order chi connectivity index (χ1) is 16.9. The van der Waals surface area contributed by atoms with Crippen molar-refractivity contribution in [1.29, 1.82) is 0 Å². The minimum Gasteiger partial charge on any atom is -0.370 e. The van der Waals surface area contributed by atoms with E-state index in [-0.39, 0.29) is 16.7 Å². The van der Waals surface area contributed by atoms with Gasteiger partial charge in [-0.2, -0.15) is 0 Å². The van der Waals surface area contributed by atoms with Gasteiger partial charge in [-0.3, -0.25) is 0 Å². The summed E-state index contributed by atoms with van der Waals surface area (Å²) in [6.07, 6.45) is 7.06. The smallest absolute Gasteiger partial charge is 0.227 e. The molecular weight excluding hydrogens is 472 g/mol. The average Bonchev–Trinajstić information content (AvgIpc) is 2.99. The molecule has 0 bridgehead atoms. The molecule has 7 nitrogen and oxygen atoms in total. The fourth-order valence-electron chi connectivity index (χ4n) is 3.90. The molecule has 5 rings (SSSR count). The van der Waals surface area contributed by atoms with Crippen molar-refractivity contribution in [3.63, 3.8) is 0 Å². The van der Waals surface area contributed by atoms with Crippen LogP contribution >= 0.6 is 11.6 Å². The molecule has 0 unspecified atom stereocenters. The Morgan fingerprint density at radius 2 is 1.74 bits per heavy atom. The summed E-state index contributed by atoms with van der Waals surface area (Å²) in [7, 11) is 0. The van der Waals surface area contributed by atoms with Gasteiger partial charge < -0.3 is 16.8 Å². The standard InChI is InChI=1S/C25H18ClF2N7/c26-21-10-17(22-19(27)2-1-3-20(22)28)16-9-4-13-11-32-25(35-23(13)18(16)12-31-21)34-15-7-5-14(6-8-15)33-24(29)30/h1-3,5-12H,4H2,(H4,29,30,33)(H,32,34,35). The van der Waals surface area contributed by atoms with Crippen LogP contribution in [0.5, 0.6) is 0 Å². The Morgan fingerprint density at radius 1 is 1.00 bits per heavy atom. The number of nitrogens with two attached hydrogens (primary N) is 2. The lowest BCUT2D eigenvalue weighted by Crippen LogP contribution is -2.21. The summed E-state index contributed by atoms with van der Waals surface area (Å²) in [4.78, 5) is 17.3. The molecule has 2 heterocycles. The van der Waals surface area contributed by atoms with Crippen molar-refractivity contribution in [2.75, 3.05) is 5.32 Å². The van der Waals surface area contributed by atoms with E-state index in [9.17, 15) is 8.78 Å². The number of halogens is 3. The van der Waals surface area contributed by atoms with Crippen LogP contribution in [-0.4, -0.2) is 21.1 Å². The Kier molecular flexibility index (Phi) is 5.84. The summed E-state index contributed by atoms with van der Waals surface area (Å²) in [5.41, 5.74) is 14.9. The molecule has 0 fully saturated rings. The minimum absolute atomic E-state index is 0.0317. The van der Waals surface area contributed by atoms with Gasteiger partial charge in [0.05, 0.1) is 16.9 Å². The predicted octanol–water partition coefficient (Wildman–Crippen LogP) is 4.96. The monoisotopic (exact) mass is 489 g/mol. The van der Waals surface area contributed by atoms with Gasteiger partial charge in [-0.1, -0.05) is 23.7 Å². The first-order valence-electron chi connectivity index (χ1n) is 10.5. The molecule has 0 spiro atoms. The van der Waals surface area contributed by atoms with Crippen LogP contribution in [0.2, 0.25) is 0 Å². The number of fused-ring (bicyclic) bond motifs is 3. The molecule has 0 saturated carbocycles. The average molecular weight is 490 g/mol. The number of benzene rings is 2. The molecule has 0 amide bonds. The molecule has 1 aliphatic heterocycles. The van der Waals surface area contributed by atoms with Crippen LogP contribution < -0.4 is 16.8 Å². The topological polar surface area (TPSA) is 115 Å². The van der Waals surface area contributed by atoms with E-state index in [1.165, 1.54) is 24.3 Å². The van der Waals surface area contributed by atoms with E-state index in [0.29, 0.717) is 40.5 Å². The van der Waals surface area contributed by atoms with Crippen molar-refractivity contribution in [2.24, 2.45) is 21.5 Å². The molecule has 5 N–H and O–H groups in total. The third-order valence-electron chi connectivity index (χ3n) is 5.42. The quantitative estimate of drug-likeness (QED) is 0.354. The number of hydrogen-bond donors (Lipinski definition) is 3. The maximum atomic E-state index is 14.7. The van der Waals surface area contributed by atoms with Crippen LogP contribution in [0.1, 0.15) is 16.8 Å². The first kappa shape index (κ1) is 22.4. The number of nitrogens with one attached hydrogen (secondary N) is 1. The molecular formula is C25H18ClF2N7. The molecule has 0 atom stereocenters. The second kappa shape index (κ2) is 9.11. The van der Waals surface area contributed by atoms with Crippen molar-refractivity contribution in [3.05, 3.63) is 101 Å². The van der Waals surface area contributed by atoms with Gasteiger partial charge in [-0.15, -0.1) is 0 Å². The zero-order valence-electron chi connectivity index (χ0n) is 18.1. The lowest BCUT2D eigenvalue weighted by Gasteiger charge is -2.22. The molecule has 35 heavy (non-hydrogen) atoms. The fourth-order valence-corrected chi connectivity index (χ4v) is 4.06. The maximum absolute atomic E-state index is 14.7. The molecule has 1 aromatic heterocycles. The Bertz CT molecular complexity index is 1460. The van der Waals surface area contributed by atoms with Gasteiger partial charge in [-0.25, -0.2) is 28.7 Å². The van der Waals surface area contributed by atoms with Crippen molar-refractivity contribution in [1.82, 2.24) is 9.97 Å². The molecule has 1 aliphatic carbocycles. The van der Waals surface area contributed by atoms with E-state index in [1.807, 2.05) is 6.08 Å². The van der Waals surface area contributed by atoms with E-state index in [1.54, 1.807) is 36.7 Å². The molecule has 0 saturated heterocycles. The van der Waals surface area contributed by atoms with Crippen molar-refractivity contribution >= 4 is 51.2 Å². The lowest BCUT2D eigenvalue weighted by atomic mass is 9.84. The summed E-state index contributed by atoms with van der Waals surface area (Å²) in [6, 6.07) is 10.8. The number of hydrogen-bond acceptors (Lipinski definition) is 5. The molecule has 2 aliphatic rings. The predicted molar refractivity (Wildman–Crippen MR) is 135 cm³/mol. The number of anilines is 2. The normalized spacial score (nSPS) is 14.4. The third kappa shape index (κ3) is 4.53. The Labute approximate surface area is 204 Å². The minimum atomic E-state index is -0.692. The number of rotatable bonds is 4. The van der Waals surface area contributed by atoms with Gasteiger partial charge in [0.15, 0.2) is 5.96 Å². The van der Waals surface area contributed by atoms with Crippen LogP contribution in [0.4, 0.5) is 26.1 Å². The highest BCUT2D eigenvalue weighted by Gasteiger charge is 2.27. The number of guanidine groups is 1. The highest BCUT2D eigenvalue weighted by molar-refractivity contribution is 6.69. The molecule has 0 radical (unpaired) electrons. The third-order valence-corrected chi connectivity index (χ3v) is 5.63. The van der Waals surface area contributed by atoms with Crippen molar-refractivity contribution in [2.45, 2.75) is 6.42 Å². The van der Waals surface area contributed by atoms with Crippen LogP contribution in [0.25, 0.3) is 11.1 Å². The van der Waals surface area contributed by atoms with Gasteiger partial charge in [-0.05, 0) is 60.0 Å². The van der Waals surface area contributed by atoms with E-state index in [0.717, 1.165) is 11.3 Å². The number of nitrogens with zero attached hydrogens (tertiary/aromatic N) is 4. The summed E-state index contributed by atoms with van der Waals surface area (Å²) >= 11 is 6.23. The SMILES string of the molecule is NC(N)=Nc1ccc(Nc2ncc3c(n2)C2=CN=C(Cl)C=C(c4c(F)cccc4F)C2=CC3)cc1. The zero-order chi connectivity index (χ0) is 24.5. The van der Waals surface area contributed by atoms with Crippen molar-refractivity contribution < 1.29 is 8.78 Å². The van der Waals surface area contributed by atoms with Gasteiger partial charge in [0.1, 0.15) is 16.8 Å². The van der Waals surface area contributed by atoms with Gasteiger partial charge in [0.25, 0.3) is 0 Å². The van der Waals surface area contributed by atoms with E-state index < -0.39 is 11.6 Å². The molecule has 174 valence electrons. The van der Waals surface area contributed by atoms with Gasteiger partial charge in [0.2, 0.25) is 5.95 Å². The second-order valence-corrected chi connectivity index (χ2v) is 8.13. The highest BCUT2D eigenvalue weighted by atomic mass is 35.5. The molecule has 2 aromatic carbocycles. The van der Waals surface area contributed by atoms with Crippen LogP contribution in [0, 0.1) is 11.6 Å². The zero-order valence-corrected chi connectivity index (χ0v) is 18.9. The summed E-state index contributed by atoms with van der Waals surface area (Å²) < 4.78 is 29.4. The molecule has 3 aromatic rings. The summed E-state index contributed by atoms with van der Waals surface area (Å²) in [5.74, 6) is -1.08. The first-order valence-corrected chi connectivity index (χ1v) is 10.9. The second-order valence-electron chi connectivity index (χ2n) is 7.75. The van der Waals surface area contributed by atoms with Crippen molar-refractivity contribution in [3.8, 4) is 0 Å². The fraction of sp³-hybridized carbons (Fsp3) is 0.0400. The van der Waals surface area contributed by atoms with Crippen LogP contribution in [0.15, 0.2) is 82.6 Å². The van der Waals surface area contributed by atoms with E-state index in [2.05, 4.69) is 25.3 Å². The van der Waals surface area contributed by atoms with Crippen LogP contribution in [0.3, 0.4) is 0 Å². The summed E-state index contributed by atoms with van der Waals surface area (Å²) in [6.45, 7) is 0. The largest absolute Gasteiger partial charge is 0.370 e. The number of aliphatic imine (C=N–C) groups is 2. The summed E-state index contributed by atoms with van der Waals surface area (Å²) in [5, 5.41) is 3.24. The van der Waals surface area contributed by atoms with E-state index >= 15 is 0 Å². The van der Waals surface area contributed by atoms with Crippen LogP contribution in [-0.2, 0) is 6.42 Å². The lowest BCUT2D eigenvalue weighted by molar-refractivity contribution is 0.577. The molecule has 10 heteroatoms. The Morgan fingerprint density at radius 3 is 2.46 bits per heavy atom. The van der Waals surface area contributed by atoms with E-state index in [4.69, 9.17) is 23.1 Å². The Hall–Kier alpha value is -4.37. The number of allylic oxidation sites excluding steroid dienone is 5. The van der Waals surface area contributed by atoms with Gasteiger partial charge >= 0.3 is 0 Å².